The van der Waals surface area contributed by atoms with Crippen LogP contribution in [0.1, 0.15) is 36.0 Å². The van der Waals surface area contributed by atoms with Crippen molar-refractivity contribution in [3.63, 3.8) is 0 Å². The van der Waals surface area contributed by atoms with Crippen molar-refractivity contribution in [2.75, 3.05) is 0 Å². The van der Waals surface area contributed by atoms with E-state index in [1.54, 1.807) is 0 Å². The van der Waals surface area contributed by atoms with Crippen LogP contribution in [0, 0.1) is 18.3 Å². The molecule has 1 aromatic rings. The number of allylic oxidation sites excluding steroid dienone is 2. The van der Waals surface area contributed by atoms with Crippen molar-refractivity contribution >= 4 is 5.78 Å². The number of ketones is 1. The molecule has 1 nitrogen and oxygen atoms in total. The van der Waals surface area contributed by atoms with E-state index < -0.39 is 0 Å². The quantitative estimate of drug-likeness (QED) is 0.312. The molecule has 1 aromatic carbocycles. The molecule has 1 heteroatoms. The lowest BCUT2D eigenvalue weighted by Crippen LogP contribution is -2.03. The highest BCUT2D eigenvalue weighted by Crippen LogP contribution is 2.36. The van der Waals surface area contributed by atoms with E-state index in [9.17, 15) is 4.79 Å². The first kappa shape index (κ1) is 11.7. The van der Waals surface area contributed by atoms with Crippen LogP contribution in [0.15, 0.2) is 42.0 Å². The molecule has 86 valence electrons. The van der Waals surface area contributed by atoms with Gasteiger partial charge in [0.2, 0.25) is 0 Å². The molecule has 0 aliphatic heterocycles. The number of benzene rings is 1. The molecule has 0 spiro atoms. The second kappa shape index (κ2) is 5.50. The molecule has 0 saturated carbocycles. The topological polar surface area (TPSA) is 17.1 Å². The SMILES string of the molecule is C#CCCCCC1=CC1C(=O)c1ccccc1. The van der Waals surface area contributed by atoms with Gasteiger partial charge in [-0.3, -0.25) is 4.79 Å². The maximum Gasteiger partial charge on any atom is 0.173 e. The van der Waals surface area contributed by atoms with Gasteiger partial charge in [0.05, 0.1) is 5.92 Å². The number of unbranched alkanes of at least 4 members (excludes halogenated alkanes) is 2. The minimum Gasteiger partial charge on any atom is -0.293 e. The Hall–Kier alpha value is -1.81. The van der Waals surface area contributed by atoms with Gasteiger partial charge < -0.3 is 0 Å². The monoisotopic (exact) mass is 224 g/mol. The Labute approximate surface area is 103 Å². The van der Waals surface area contributed by atoms with Crippen LogP contribution in [0.2, 0.25) is 0 Å². The number of carbonyl (C=O) groups is 1. The molecule has 0 heterocycles. The van der Waals surface area contributed by atoms with Crippen molar-refractivity contribution in [2.24, 2.45) is 5.92 Å². The van der Waals surface area contributed by atoms with Crippen molar-refractivity contribution < 1.29 is 4.79 Å². The normalized spacial score (nSPS) is 17.1. The minimum absolute atomic E-state index is 0.0724. The van der Waals surface area contributed by atoms with Crippen molar-refractivity contribution in [1.29, 1.82) is 0 Å². The van der Waals surface area contributed by atoms with Gasteiger partial charge in [0.15, 0.2) is 5.78 Å². The molecule has 0 bridgehead atoms. The number of hydrogen-bond donors (Lipinski definition) is 0. The molecule has 17 heavy (non-hydrogen) atoms. The number of Topliss-reactive ketones (excluding diaryl/α,β-unsaturated/α-hetero) is 1. The molecular formula is C16H16O. The van der Waals surface area contributed by atoms with Crippen LogP contribution in [0.3, 0.4) is 0 Å². The maximum absolute atomic E-state index is 12.0. The molecule has 1 atom stereocenters. The molecule has 1 unspecified atom stereocenters. The summed E-state index contributed by atoms with van der Waals surface area (Å²) in [6.07, 6.45) is 11.3. The van der Waals surface area contributed by atoms with E-state index in [0.29, 0.717) is 0 Å². The van der Waals surface area contributed by atoms with Gasteiger partial charge in [-0.25, -0.2) is 0 Å². The van der Waals surface area contributed by atoms with E-state index in [2.05, 4.69) is 12.0 Å². The number of hydrogen-bond acceptors (Lipinski definition) is 1. The molecule has 0 aromatic heterocycles. The largest absolute Gasteiger partial charge is 0.293 e. The van der Waals surface area contributed by atoms with Gasteiger partial charge in [0.25, 0.3) is 0 Å². The Bertz CT molecular complexity index is 462. The fourth-order valence-electron chi connectivity index (χ4n) is 1.99. The zero-order valence-corrected chi connectivity index (χ0v) is 9.86. The van der Waals surface area contributed by atoms with E-state index in [-0.39, 0.29) is 11.7 Å². The van der Waals surface area contributed by atoms with Gasteiger partial charge >= 0.3 is 0 Å². The number of rotatable bonds is 6. The Morgan fingerprint density at radius 1 is 1.24 bits per heavy atom. The Morgan fingerprint density at radius 3 is 2.71 bits per heavy atom. The van der Waals surface area contributed by atoms with E-state index >= 15 is 0 Å². The van der Waals surface area contributed by atoms with Gasteiger partial charge in [-0.1, -0.05) is 42.0 Å². The summed E-state index contributed by atoms with van der Waals surface area (Å²) >= 11 is 0. The lowest BCUT2D eigenvalue weighted by molar-refractivity contribution is 0.0974. The molecule has 0 fully saturated rings. The van der Waals surface area contributed by atoms with E-state index in [0.717, 1.165) is 31.2 Å². The summed E-state index contributed by atoms with van der Waals surface area (Å²) in [4.78, 5) is 12.0. The molecular weight excluding hydrogens is 208 g/mol. The van der Waals surface area contributed by atoms with Crippen LogP contribution in [0.4, 0.5) is 0 Å². The third-order valence-electron chi connectivity index (χ3n) is 3.05. The molecule has 1 aliphatic rings. The highest BCUT2D eigenvalue weighted by molar-refractivity contribution is 6.03. The molecule has 0 amide bonds. The third kappa shape index (κ3) is 3.07. The second-order valence-electron chi connectivity index (χ2n) is 4.36. The highest BCUT2D eigenvalue weighted by Gasteiger charge is 2.31. The van der Waals surface area contributed by atoms with Crippen molar-refractivity contribution in [3.8, 4) is 12.3 Å². The standard InChI is InChI=1S/C16H16O/c1-2-3-4-6-11-14-12-15(14)16(17)13-9-7-5-8-10-13/h1,5,7-10,12,15H,3-4,6,11H2. The predicted octanol–water partition coefficient (Wildman–Crippen LogP) is 3.62. The molecule has 0 radical (unpaired) electrons. The average molecular weight is 224 g/mol. The lowest BCUT2D eigenvalue weighted by Gasteiger charge is -2.00. The van der Waals surface area contributed by atoms with Crippen molar-refractivity contribution in [1.82, 2.24) is 0 Å². The van der Waals surface area contributed by atoms with E-state index in [4.69, 9.17) is 6.42 Å². The van der Waals surface area contributed by atoms with Gasteiger partial charge in [-0.2, -0.15) is 0 Å². The van der Waals surface area contributed by atoms with Crippen molar-refractivity contribution in [2.45, 2.75) is 25.7 Å². The first-order chi connectivity index (χ1) is 8.33. The molecule has 0 N–H and O–H groups in total. The minimum atomic E-state index is 0.0724. The smallest absolute Gasteiger partial charge is 0.173 e. The first-order valence-corrected chi connectivity index (χ1v) is 6.06. The summed E-state index contributed by atoms with van der Waals surface area (Å²) in [7, 11) is 0. The van der Waals surface area contributed by atoms with Crippen LogP contribution in [-0.2, 0) is 0 Å². The summed E-state index contributed by atoms with van der Waals surface area (Å²) in [5.74, 6) is 2.94. The lowest BCUT2D eigenvalue weighted by atomic mass is 10.0. The molecule has 2 rings (SSSR count). The van der Waals surface area contributed by atoms with Gasteiger partial charge in [-0.15, -0.1) is 12.3 Å². The van der Waals surface area contributed by atoms with Gasteiger partial charge in [0, 0.05) is 12.0 Å². The summed E-state index contributed by atoms with van der Waals surface area (Å²) in [5.41, 5.74) is 2.10. The summed E-state index contributed by atoms with van der Waals surface area (Å²) in [6, 6.07) is 9.50. The van der Waals surface area contributed by atoms with Crippen LogP contribution < -0.4 is 0 Å². The van der Waals surface area contributed by atoms with Crippen molar-refractivity contribution in [3.05, 3.63) is 47.5 Å². The predicted molar refractivity (Wildman–Crippen MR) is 69.6 cm³/mol. The Balaban J connectivity index is 1.77. The Morgan fingerprint density at radius 2 is 2.00 bits per heavy atom. The van der Waals surface area contributed by atoms with Crippen LogP contribution in [-0.4, -0.2) is 5.78 Å². The first-order valence-electron chi connectivity index (χ1n) is 6.06. The molecule has 1 aliphatic carbocycles. The summed E-state index contributed by atoms with van der Waals surface area (Å²) < 4.78 is 0. The Kier molecular flexibility index (Phi) is 3.77. The third-order valence-corrected chi connectivity index (χ3v) is 3.05. The average Bonchev–Trinajstić information content (AvgIpc) is 3.14. The van der Waals surface area contributed by atoms with Gasteiger partial charge in [-0.05, 0) is 19.3 Å². The number of carbonyl (C=O) groups excluding carboxylic acids is 1. The fourth-order valence-corrected chi connectivity index (χ4v) is 1.99. The number of terminal acetylenes is 1. The van der Waals surface area contributed by atoms with Crippen LogP contribution in [0.5, 0.6) is 0 Å². The van der Waals surface area contributed by atoms with E-state index in [1.807, 2.05) is 30.3 Å². The summed E-state index contributed by atoms with van der Waals surface area (Å²) in [6.45, 7) is 0. The maximum atomic E-state index is 12.0. The summed E-state index contributed by atoms with van der Waals surface area (Å²) in [5, 5.41) is 0. The van der Waals surface area contributed by atoms with Gasteiger partial charge in [0.1, 0.15) is 0 Å². The zero-order chi connectivity index (χ0) is 12.1. The molecule has 0 saturated heterocycles. The highest BCUT2D eigenvalue weighted by atomic mass is 16.1. The van der Waals surface area contributed by atoms with Crippen LogP contribution >= 0.6 is 0 Å². The fraction of sp³-hybridized carbons (Fsp3) is 0.312. The van der Waals surface area contributed by atoms with E-state index in [1.165, 1.54) is 5.57 Å². The van der Waals surface area contributed by atoms with Crippen LogP contribution in [0.25, 0.3) is 0 Å². The zero-order valence-electron chi connectivity index (χ0n) is 9.86. The second-order valence-corrected chi connectivity index (χ2v) is 4.36.